The zero-order valence-corrected chi connectivity index (χ0v) is 7.55. The molecule has 0 saturated carbocycles. The Bertz CT molecular complexity index is 175. The van der Waals surface area contributed by atoms with Crippen LogP contribution < -0.4 is 0 Å². The van der Waals surface area contributed by atoms with Crippen LogP contribution in [0.5, 0.6) is 0 Å². The first-order valence-corrected chi connectivity index (χ1v) is 4.00. The standard InChI is InChI=1S/C10H16O/c1-4-6-7-10(5-2)8-9(3)11/h4,6-7H,5,8H2,1-3H3/b6-4-,10-7+. The summed E-state index contributed by atoms with van der Waals surface area (Å²) in [6, 6.07) is 0. The van der Waals surface area contributed by atoms with Crippen LogP contribution in [0.3, 0.4) is 0 Å². The lowest BCUT2D eigenvalue weighted by Crippen LogP contribution is -1.91. The van der Waals surface area contributed by atoms with E-state index < -0.39 is 0 Å². The van der Waals surface area contributed by atoms with Gasteiger partial charge in [0.05, 0.1) is 0 Å². The summed E-state index contributed by atoms with van der Waals surface area (Å²) in [5, 5.41) is 0. The highest BCUT2D eigenvalue weighted by Gasteiger charge is 1.96. The van der Waals surface area contributed by atoms with Gasteiger partial charge in [-0.15, -0.1) is 0 Å². The maximum atomic E-state index is 10.7. The Labute approximate surface area is 68.8 Å². The first-order valence-electron chi connectivity index (χ1n) is 4.00. The zero-order valence-electron chi connectivity index (χ0n) is 7.55. The lowest BCUT2D eigenvalue weighted by Gasteiger charge is -1.97. The molecule has 0 aromatic carbocycles. The topological polar surface area (TPSA) is 17.1 Å². The summed E-state index contributed by atoms with van der Waals surface area (Å²) >= 11 is 0. The van der Waals surface area contributed by atoms with Gasteiger partial charge in [-0.05, 0) is 20.3 Å². The normalized spacial score (nSPS) is 12.5. The fourth-order valence-electron chi connectivity index (χ4n) is 0.854. The van der Waals surface area contributed by atoms with E-state index in [1.54, 1.807) is 6.92 Å². The lowest BCUT2D eigenvalue weighted by atomic mass is 10.1. The fourth-order valence-corrected chi connectivity index (χ4v) is 0.854. The molecule has 0 atom stereocenters. The Morgan fingerprint density at radius 1 is 1.45 bits per heavy atom. The third-order valence-corrected chi connectivity index (χ3v) is 1.45. The molecule has 0 saturated heterocycles. The van der Waals surface area contributed by atoms with E-state index in [9.17, 15) is 4.79 Å². The van der Waals surface area contributed by atoms with Crippen LogP contribution in [0.4, 0.5) is 0 Å². The van der Waals surface area contributed by atoms with Gasteiger partial charge < -0.3 is 0 Å². The van der Waals surface area contributed by atoms with Crippen LogP contribution in [-0.2, 0) is 4.79 Å². The molecule has 0 fully saturated rings. The van der Waals surface area contributed by atoms with Crippen LogP contribution in [0.25, 0.3) is 0 Å². The van der Waals surface area contributed by atoms with Gasteiger partial charge in [-0.25, -0.2) is 0 Å². The highest BCUT2D eigenvalue weighted by molar-refractivity contribution is 5.78. The number of rotatable bonds is 4. The first kappa shape index (κ1) is 10.2. The lowest BCUT2D eigenvalue weighted by molar-refractivity contribution is -0.116. The van der Waals surface area contributed by atoms with E-state index in [0.29, 0.717) is 6.42 Å². The number of allylic oxidation sites excluding steroid dienone is 4. The van der Waals surface area contributed by atoms with Gasteiger partial charge in [0.15, 0.2) is 0 Å². The van der Waals surface area contributed by atoms with Gasteiger partial charge in [-0.3, -0.25) is 4.79 Å². The number of Topliss-reactive ketones (excluding diaryl/α,β-unsaturated/α-hetero) is 1. The highest BCUT2D eigenvalue weighted by Crippen LogP contribution is 2.06. The molecule has 0 rings (SSSR count). The zero-order chi connectivity index (χ0) is 8.69. The minimum atomic E-state index is 0.239. The van der Waals surface area contributed by atoms with Crippen molar-refractivity contribution >= 4 is 5.78 Å². The van der Waals surface area contributed by atoms with E-state index in [1.807, 2.05) is 25.2 Å². The van der Waals surface area contributed by atoms with Crippen molar-refractivity contribution in [1.82, 2.24) is 0 Å². The Morgan fingerprint density at radius 2 is 2.09 bits per heavy atom. The van der Waals surface area contributed by atoms with Crippen LogP contribution in [0, 0.1) is 0 Å². The summed E-state index contributed by atoms with van der Waals surface area (Å²) in [4.78, 5) is 10.7. The van der Waals surface area contributed by atoms with Crippen molar-refractivity contribution in [2.45, 2.75) is 33.6 Å². The number of ketones is 1. The molecule has 0 unspecified atom stereocenters. The molecule has 0 radical (unpaired) electrons. The molecule has 0 aliphatic carbocycles. The van der Waals surface area contributed by atoms with Gasteiger partial charge in [0.25, 0.3) is 0 Å². The Hall–Kier alpha value is -0.850. The molecule has 0 aromatic rings. The summed E-state index contributed by atoms with van der Waals surface area (Å²) in [5.41, 5.74) is 1.20. The predicted octanol–water partition coefficient (Wildman–Crippen LogP) is 2.88. The molecule has 0 aromatic heterocycles. The predicted molar refractivity (Wildman–Crippen MR) is 48.5 cm³/mol. The van der Waals surface area contributed by atoms with E-state index in [-0.39, 0.29) is 5.78 Å². The monoisotopic (exact) mass is 152 g/mol. The maximum absolute atomic E-state index is 10.7. The van der Waals surface area contributed by atoms with Crippen LogP contribution in [0.15, 0.2) is 23.8 Å². The van der Waals surface area contributed by atoms with Crippen LogP contribution in [-0.4, -0.2) is 5.78 Å². The average molecular weight is 152 g/mol. The number of carbonyl (C=O) groups excluding carboxylic acids is 1. The molecule has 11 heavy (non-hydrogen) atoms. The van der Waals surface area contributed by atoms with Gasteiger partial charge in [0, 0.05) is 6.42 Å². The van der Waals surface area contributed by atoms with E-state index in [2.05, 4.69) is 6.92 Å². The molecular weight excluding hydrogens is 136 g/mol. The Morgan fingerprint density at radius 3 is 2.45 bits per heavy atom. The van der Waals surface area contributed by atoms with Crippen LogP contribution in [0.1, 0.15) is 33.6 Å². The fraction of sp³-hybridized carbons (Fsp3) is 0.500. The van der Waals surface area contributed by atoms with Crippen LogP contribution >= 0.6 is 0 Å². The first-order chi connectivity index (χ1) is 5.20. The van der Waals surface area contributed by atoms with Crippen LogP contribution in [0.2, 0.25) is 0 Å². The molecular formula is C10H16O. The van der Waals surface area contributed by atoms with Crippen molar-refractivity contribution in [3.8, 4) is 0 Å². The van der Waals surface area contributed by atoms with Crippen molar-refractivity contribution in [1.29, 1.82) is 0 Å². The van der Waals surface area contributed by atoms with Crippen molar-refractivity contribution in [2.75, 3.05) is 0 Å². The summed E-state index contributed by atoms with van der Waals surface area (Å²) < 4.78 is 0. The Kier molecular flexibility index (Phi) is 5.44. The number of hydrogen-bond acceptors (Lipinski definition) is 1. The minimum Gasteiger partial charge on any atom is -0.300 e. The van der Waals surface area contributed by atoms with Gasteiger partial charge in [-0.1, -0.05) is 30.7 Å². The van der Waals surface area contributed by atoms with E-state index in [1.165, 1.54) is 5.57 Å². The summed E-state index contributed by atoms with van der Waals surface area (Å²) in [7, 11) is 0. The minimum absolute atomic E-state index is 0.239. The molecule has 0 amide bonds. The molecule has 0 bridgehead atoms. The maximum Gasteiger partial charge on any atom is 0.133 e. The van der Waals surface area contributed by atoms with Crippen molar-refractivity contribution in [2.24, 2.45) is 0 Å². The molecule has 0 aliphatic heterocycles. The SMILES string of the molecule is C/C=C\C=C(/CC)CC(C)=O. The number of hydrogen-bond donors (Lipinski definition) is 0. The second-order valence-corrected chi connectivity index (χ2v) is 2.58. The second-order valence-electron chi connectivity index (χ2n) is 2.58. The molecule has 0 spiro atoms. The largest absolute Gasteiger partial charge is 0.300 e. The number of carbonyl (C=O) groups is 1. The average Bonchev–Trinajstić information content (AvgIpc) is 1.97. The summed E-state index contributed by atoms with van der Waals surface area (Å²) in [6.07, 6.45) is 7.52. The molecule has 0 N–H and O–H groups in total. The van der Waals surface area contributed by atoms with E-state index >= 15 is 0 Å². The van der Waals surface area contributed by atoms with Gasteiger partial charge in [0.1, 0.15) is 5.78 Å². The Balaban J connectivity index is 4.04. The quantitative estimate of drug-likeness (QED) is 0.566. The molecule has 62 valence electrons. The van der Waals surface area contributed by atoms with Crippen molar-refractivity contribution < 1.29 is 4.79 Å². The van der Waals surface area contributed by atoms with Gasteiger partial charge in [0.2, 0.25) is 0 Å². The van der Waals surface area contributed by atoms with Crippen molar-refractivity contribution in [3.63, 3.8) is 0 Å². The molecule has 0 heterocycles. The van der Waals surface area contributed by atoms with Gasteiger partial charge in [-0.2, -0.15) is 0 Å². The molecule has 1 heteroatoms. The summed E-state index contributed by atoms with van der Waals surface area (Å²) in [5.74, 6) is 0.239. The smallest absolute Gasteiger partial charge is 0.133 e. The summed E-state index contributed by atoms with van der Waals surface area (Å²) in [6.45, 7) is 5.66. The van der Waals surface area contributed by atoms with E-state index in [0.717, 1.165) is 6.42 Å². The molecule has 1 nitrogen and oxygen atoms in total. The molecule has 0 aliphatic rings. The second kappa shape index (κ2) is 5.90. The van der Waals surface area contributed by atoms with E-state index in [4.69, 9.17) is 0 Å². The highest BCUT2D eigenvalue weighted by atomic mass is 16.1. The third-order valence-electron chi connectivity index (χ3n) is 1.45. The van der Waals surface area contributed by atoms with Crippen molar-refractivity contribution in [3.05, 3.63) is 23.8 Å². The third kappa shape index (κ3) is 5.59. The van der Waals surface area contributed by atoms with Gasteiger partial charge >= 0.3 is 0 Å².